The van der Waals surface area contributed by atoms with E-state index in [1.807, 2.05) is 0 Å². The Balaban J connectivity index is 1.35. The van der Waals surface area contributed by atoms with Gasteiger partial charge in [-0.05, 0) is 30.7 Å². The number of halogens is 1. The van der Waals surface area contributed by atoms with E-state index in [9.17, 15) is 9.50 Å². The van der Waals surface area contributed by atoms with E-state index in [1.165, 1.54) is 17.3 Å². The Morgan fingerprint density at radius 3 is 2.65 bits per heavy atom. The topological polar surface area (TPSA) is 72.8 Å². The number of fused-ring (bicyclic) bond motifs is 1. The van der Waals surface area contributed by atoms with Crippen LogP contribution in [0.4, 0.5) is 4.39 Å². The Bertz CT molecular complexity index is 1020. The molecule has 0 radical (unpaired) electrons. The van der Waals surface area contributed by atoms with Gasteiger partial charge in [-0.15, -0.1) is 0 Å². The molecule has 3 aromatic rings. The minimum absolute atomic E-state index is 0.0208. The molecule has 7 heteroatoms. The van der Waals surface area contributed by atoms with Gasteiger partial charge in [0, 0.05) is 23.9 Å². The minimum atomic E-state index is -1.01. The van der Waals surface area contributed by atoms with E-state index in [2.05, 4.69) is 41.5 Å². The maximum Gasteiger partial charge on any atom is 0.183 e. The molecule has 2 heterocycles. The van der Waals surface area contributed by atoms with Crippen molar-refractivity contribution in [1.29, 1.82) is 0 Å². The highest BCUT2D eigenvalue weighted by Crippen LogP contribution is 2.26. The van der Waals surface area contributed by atoms with Gasteiger partial charge in [-0.1, -0.05) is 29.8 Å². The summed E-state index contributed by atoms with van der Waals surface area (Å²) >= 11 is 0. The molecule has 1 aliphatic heterocycles. The fourth-order valence-electron chi connectivity index (χ4n) is 3.67. The molecule has 0 spiro atoms. The molecule has 31 heavy (non-hydrogen) atoms. The van der Waals surface area contributed by atoms with Gasteiger partial charge in [-0.25, -0.2) is 4.39 Å². The monoisotopic (exact) mass is 426 g/mol. The van der Waals surface area contributed by atoms with Gasteiger partial charge in [0.05, 0.1) is 38.1 Å². The highest BCUT2D eigenvalue weighted by molar-refractivity contribution is 5.83. The second kappa shape index (κ2) is 9.70. The van der Waals surface area contributed by atoms with Crippen LogP contribution in [-0.4, -0.2) is 48.8 Å². The highest BCUT2D eigenvalue weighted by atomic mass is 19.1. The van der Waals surface area contributed by atoms with Gasteiger partial charge in [0.1, 0.15) is 17.7 Å². The second-order valence-corrected chi connectivity index (χ2v) is 7.84. The quantitative estimate of drug-likeness (QED) is 0.605. The van der Waals surface area contributed by atoms with Crippen molar-refractivity contribution >= 4 is 10.9 Å². The van der Waals surface area contributed by atoms with E-state index in [4.69, 9.17) is 14.2 Å². The van der Waals surface area contributed by atoms with Crippen LogP contribution in [0, 0.1) is 12.7 Å². The molecular weight excluding hydrogens is 399 g/mol. The van der Waals surface area contributed by atoms with Gasteiger partial charge in [0.15, 0.2) is 6.29 Å². The molecule has 0 aliphatic carbocycles. The zero-order valence-electron chi connectivity index (χ0n) is 17.7. The molecule has 0 amide bonds. The summed E-state index contributed by atoms with van der Waals surface area (Å²) in [7, 11) is 1.55. The number of aliphatic hydroxyl groups is 1. The third-order valence-corrected chi connectivity index (χ3v) is 5.50. The summed E-state index contributed by atoms with van der Waals surface area (Å²) in [6.07, 6.45) is -0.607. The molecular formula is C24H27FN2O4. The van der Waals surface area contributed by atoms with Crippen molar-refractivity contribution in [3.63, 3.8) is 0 Å². The summed E-state index contributed by atoms with van der Waals surface area (Å²) in [5, 5.41) is 14.7. The Morgan fingerprint density at radius 2 is 1.94 bits per heavy atom. The summed E-state index contributed by atoms with van der Waals surface area (Å²) in [6.45, 7) is 3.57. The molecule has 0 unspecified atom stereocenters. The molecule has 1 aromatic heterocycles. The van der Waals surface area contributed by atoms with E-state index in [0.717, 1.165) is 0 Å². The lowest BCUT2D eigenvalue weighted by molar-refractivity contribution is -0.230. The van der Waals surface area contributed by atoms with E-state index in [0.29, 0.717) is 42.0 Å². The number of aliphatic hydroxyl groups excluding tert-OH is 1. The van der Waals surface area contributed by atoms with Crippen LogP contribution < -0.4 is 10.1 Å². The Kier molecular flexibility index (Phi) is 6.77. The molecule has 0 saturated carbocycles. The fraction of sp³-hybridized carbons (Fsp3) is 0.375. The Morgan fingerprint density at radius 1 is 1.19 bits per heavy atom. The average Bonchev–Trinajstić information content (AvgIpc) is 2.80. The number of methoxy groups -OCH3 is 1. The molecule has 164 valence electrons. The molecule has 6 nitrogen and oxygen atoms in total. The zero-order valence-corrected chi connectivity index (χ0v) is 17.7. The third-order valence-electron chi connectivity index (χ3n) is 5.50. The first-order valence-corrected chi connectivity index (χ1v) is 10.3. The van der Waals surface area contributed by atoms with Crippen molar-refractivity contribution < 1.29 is 23.7 Å². The lowest BCUT2D eigenvalue weighted by atomic mass is 10.0. The van der Waals surface area contributed by atoms with Crippen molar-refractivity contribution in [3.8, 4) is 5.75 Å². The second-order valence-electron chi connectivity index (χ2n) is 7.84. The minimum Gasteiger partial charge on any atom is -0.497 e. The predicted octanol–water partition coefficient (Wildman–Crippen LogP) is 3.13. The third kappa shape index (κ3) is 5.19. The van der Waals surface area contributed by atoms with E-state index >= 15 is 0 Å². The van der Waals surface area contributed by atoms with Crippen molar-refractivity contribution in [3.05, 3.63) is 71.2 Å². The highest BCUT2D eigenvalue weighted by Gasteiger charge is 2.29. The number of pyridine rings is 1. The van der Waals surface area contributed by atoms with Crippen LogP contribution in [0.1, 0.15) is 16.7 Å². The number of ether oxygens (including phenoxy) is 3. The number of rotatable bonds is 7. The van der Waals surface area contributed by atoms with Crippen LogP contribution in [0.15, 0.2) is 48.7 Å². The van der Waals surface area contributed by atoms with Crippen LogP contribution in [0.25, 0.3) is 10.9 Å². The fourth-order valence-corrected chi connectivity index (χ4v) is 3.67. The number of hydrogen-bond acceptors (Lipinski definition) is 6. The summed E-state index contributed by atoms with van der Waals surface area (Å²) in [5.41, 5.74) is 3.41. The van der Waals surface area contributed by atoms with Crippen LogP contribution >= 0.6 is 0 Å². The van der Waals surface area contributed by atoms with Crippen LogP contribution in [0.2, 0.25) is 0 Å². The summed E-state index contributed by atoms with van der Waals surface area (Å²) in [5.74, 6) is 0.122. The molecule has 4 rings (SSSR count). The number of benzene rings is 2. The van der Waals surface area contributed by atoms with Gasteiger partial charge < -0.3 is 24.6 Å². The molecule has 1 aliphatic rings. The number of nitrogens with one attached hydrogen (secondary N) is 1. The van der Waals surface area contributed by atoms with E-state index in [-0.39, 0.29) is 12.5 Å². The lowest BCUT2D eigenvalue weighted by Crippen LogP contribution is -2.48. The molecule has 0 bridgehead atoms. The smallest absolute Gasteiger partial charge is 0.183 e. The first-order valence-electron chi connectivity index (χ1n) is 10.3. The molecule has 2 N–H and O–H groups in total. The largest absolute Gasteiger partial charge is 0.497 e. The summed E-state index contributed by atoms with van der Waals surface area (Å²) in [6, 6.07) is 13.6. The van der Waals surface area contributed by atoms with Crippen LogP contribution in [0.5, 0.6) is 5.75 Å². The van der Waals surface area contributed by atoms with Crippen LogP contribution in [0.3, 0.4) is 0 Å². The molecule has 2 aromatic carbocycles. The van der Waals surface area contributed by atoms with Gasteiger partial charge in [0.2, 0.25) is 0 Å². The standard InChI is InChI=1S/C24H27FN2O4/c1-15-3-5-16(6-4-15)11-26-17-13-30-24(31-14-17)23(28)10-19-20-9-18(29-2)7-8-22(20)27-12-21(19)25/h3-9,12,17,23-24,26,28H,10-11,13-14H2,1-2H3/t17?,23-,24?/m0/s1. The maximum absolute atomic E-state index is 14.5. The number of hydrogen-bond donors (Lipinski definition) is 2. The SMILES string of the molecule is COc1ccc2ncc(F)c(C[C@H](O)C3OCC(NCc4ccc(C)cc4)CO3)c2c1. The number of nitrogens with zero attached hydrogens (tertiary/aromatic N) is 1. The molecule has 1 saturated heterocycles. The van der Waals surface area contributed by atoms with Gasteiger partial charge >= 0.3 is 0 Å². The maximum atomic E-state index is 14.5. The van der Waals surface area contributed by atoms with Gasteiger partial charge in [0.25, 0.3) is 0 Å². The zero-order chi connectivity index (χ0) is 21.8. The summed E-state index contributed by atoms with van der Waals surface area (Å²) in [4.78, 5) is 4.11. The van der Waals surface area contributed by atoms with Crippen molar-refractivity contribution in [2.45, 2.75) is 38.3 Å². The van der Waals surface area contributed by atoms with Gasteiger partial charge in [-0.3, -0.25) is 4.98 Å². The predicted molar refractivity (Wildman–Crippen MR) is 115 cm³/mol. The van der Waals surface area contributed by atoms with Crippen LogP contribution in [-0.2, 0) is 22.4 Å². The van der Waals surface area contributed by atoms with E-state index in [1.54, 1.807) is 25.3 Å². The Labute approximate surface area is 181 Å². The molecule has 1 atom stereocenters. The van der Waals surface area contributed by atoms with Crippen molar-refractivity contribution in [2.24, 2.45) is 0 Å². The van der Waals surface area contributed by atoms with E-state index < -0.39 is 18.2 Å². The normalized spacial score (nSPS) is 20.0. The first-order chi connectivity index (χ1) is 15.0. The van der Waals surface area contributed by atoms with Gasteiger partial charge in [-0.2, -0.15) is 0 Å². The molecule has 1 fully saturated rings. The Hall–Kier alpha value is -2.58. The van der Waals surface area contributed by atoms with Crippen molar-refractivity contribution in [1.82, 2.24) is 10.3 Å². The first kappa shape index (κ1) is 21.6. The number of aryl methyl sites for hydroxylation is 1. The summed E-state index contributed by atoms with van der Waals surface area (Å²) < 4.78 is 31.2. The average molecular weight is 426 g/mol. The number of aromatic nitrogens is 1. The lowest BCUT2D eigenvalue weighted by Gasteiger charge is -2.32. The van der Waals surface area contributed by atoms with Crippen molar-refractivity contribution in [2.75, 3.05) is 20.3 Å².